The number of fused-ring (bicyclic) bond motifs is 2. The zero-order chi connectivity index (χ0) is 19.3. The van der Waals surface area contributed by atoms with Crippen LogP contribution in [0.4, 0.5) is 0 Å². The molecule has 2 atom stereocenters. The van der Waals surface area contributed by atoms with Gasteiger partial charge in [-0.25, -0.2) is 0 Å². The lowest BCUT2D eigenvalue weighted by Crippen LogP contribution is -2.29. The first-order valence-electron chi connectivity index (χ1n) is 9.47. The maximum atomic E-state index is 13.1. The van der Waals surface area contributed by atoms with Gasteiger partial charge in [-0.1, -0.05) is 75.4 Å². The van der Waals surface area contributed by atoms with Crippen LogP contribution in [-0.4, -0.2) is 11.6 Å². The van der Waals surface area contributed by atoms with E-state index in [1.807, 2.05) is 55.5 Å². The zero-order valence-electron chi connectivity index (χ0n) is 16.2. The van der Waals surface area contributed by atoms with E-state index < -0.39 is 0 Å². The third kappa shape index (κ3) is 2.80. The lowest BCUT2D eigenvalue weighted by atomic mass is 9.69. The number of ketones is 2. The van der Waals surface area contributed by atoms with Crippen LogP contribution in [0.1, 0.15) is 43.6 Å². The minimum atomic E-state index is -0.249. The standard InChI is InChI=1S/C25H24O2/c1-15-13-20(16-9-5-7-11-18(16)23(15)26)21-14-22(25(2,3)4)24(27)19-12-8-6-10-17(19)21/h5-14,16,18H,1-4H3/b21-20+. The molecule has 2 nitrogen and oxygen atoms in total. The van der Waals surface area contributed by atoms with Gasteiger partial charge < -0.3 is 0 Å². The average molecular weight is 356 g/mol. The quantitative estimate of drug-likeness (QED) is 0.615. The number of benzene rings is 1. The normalized spacial score (nSPS) is 27.1. The van der Waals surface area contributed by atoms with Crippen molar-refractivity contribution in [1.29, 1.82) is 0 Å². The van der Waals surface area contributed by atoms with Gasteiger partial charge in [-0.2, -0.15) is 0 Å². The van der Waals surface area contributed by atoms with Gasteiger partial charge in [0.2, 0.25) is 0 Å². The van der Waals surface area contributed by atoms with Crippen LogP contribution in [0, 0.1) is 17.3 Å². The van der Waals surface area contributed by atoms with Gasteiger partial charge in [0, 0.05) is 17.1 Å². The molecule has 0 saturated heterocycles. The van der Waals surface area contributed by atoms with Crippen molar-refractivity contribution >= 4 is 17.1 Å². The molecule has 3 aliphatic rings. The summed E-state index contributed by atoms with van der Waals surface area (Å²) in [6.45, 7) is 8.11. The van der Waals surface area contributed by atoms with E-state index in [0.717, 1.165) is 33.4 Å². The molecule has 0 saturated carbocycles. The second kappa shape index (κ2) is 6.16. The molecule has 0 spiro atoms. The third-order valence-electron chi connectivity index (χ3n) is 5.67. The van der Waals surface area contributed by atoms with Gasteiger partial charge in [-0.3, -0.25) is 9.59 Å². The highest BCUT2D eigenvalue weighted by Gasteiger charge is 2.37. The highest BCUT2D eigenvalue weighted by Crippen LogP contribution is 2.44. The Kier molecular flexibility index (Phi) is 4.03. The molecular formula is C25H24O2. The van der Waals surface area contributed by atoms with Crippen LogP contribution in [0.15, 0.2) is 77.4 Å². The Morgan fingerprint density at radius 3 is 2.15 bits per heavy atom. The number of rotatable bonds is 0. The second-order valence-corrected chi connectivity index (χ2v) is 8.56. The number of hydrogen-bond acceptors (Lipinski definition) is 2. The van der Waals surface area contributed by atoms with E-state index in [4.69, 9.17) is 0 Å². The van der Waals surface area contributed by atoms with E-state index >= 15 is 0 Å². The largest absolute Gasteiger partial charge is 0.294 e. The van der Waals surface area contributed by atoms with Crippen molar-refractivity contribution < 1.29 is 9.59 Å². The molecule has 0 amide bonds. The predicted molar refractivity (Wildman–Crippen MR) is 109 cm³/mol. The monoisotopic (exact) mass is 356 g/mol. The minimum absolute atomic E-state index is 0.0138. The first-order chi connectivity index (χ1) is 12.8. The molecule has 0 heterocycles. The molecule has 3 aliphatic carbocycles. The summed E-state index contributed by atoms with van der Waals surface area (Å²) in [5, 5.41) is 0. The number of carbonyl (C=O) groups is 2. The van der Waals surface area contributed by atoms with Gasteiger partial charge in [0.25, 0.3) is 0 Å². The molecule has 27 heavy (non-hydrogen) atoms. The minimum Gasteiger partial charge on any atom is -0.294 e. The molecule has 2 heteroatoms. The molecule has 1 aromatic carbocycles. The van der Waals surface area contributed by atoms with Crippen LogP contribution in [-0.2, 0) is 4.79 Å². The zero-order valence-corrected chi connectivity index (χ0v) is 16.2. The maximum Gasteiger partial charge on any atom is 0.190 e. The molecule has 4 rings (SSSR count). The van der Waals surface area contributed by atoms with Crippen molar-refractivity contribution in [3.8, 4) is 0 Å². The van der Waals surface area contributed by atoms with E-state index in [2.05, 4.69) is 32.9 Å². The average Bonchev–Trinajstić information content (AvgIpc) is 2.64. The van der Waals surface area contributed by atoms with E-state index in [9.17, 15) is 9.59 Å². The van der Waals surface area contributed by atoms with Gasteiger partial charge in [0.15, 0.2) is 11.6 Å². The molecule has 0 N–H and O–H groups in total. The highest BCUT2D eigenvalue weighted by atomic mass is 16.1. The van der Waals surface area contributed by atoms with Crippen LogP contribution in [0.25, 0.3) is 5.57 Å². The highest BCUT2D eigenvalue weighted by molar-refractivity contribution is 6.17. The van der Waals surface area contributed by atoms with Crippen LogP contribution in [0.5, 0.6) is 0 Å². The van der Waals surface area contributed by atoms with Crippen molar-refractivity contribution in [1.82, 2.24) is 0 Å². The Hall–Kier alpha value is -2.74. The van der Waals surface area contributed by atoms with Crippen LogP contribution in [0.2, 0.25) is 0 Å². The molecule has 0 fully saturated rings. The number of allylic oxidation sites excluding steroid dienone is 10. The predicted octanol–water partition coefficient (Wildman–Crippen LogP) is 5.50. The summed E-state index contributed by atoms with van der Waals surface area (Å²) in [6.07, 6.45) is 12.1. The third-order valence-corrected chi connectivity index (χ3v) is 5.67. The number of Topliss-reactive ketones (excluding diaryl/α,β-unsaturated/α-hetero) is 2. The van der Waals surface area contributed by atoms with Gasteiger partial charge in [0.05, 0.1) is 5.92 Å². The van der Waals surface area contributed by atoms with E-state index in [0.29, 0.717) is 0 Å². The van der Waals surface area contributed by atoms with Crippen LogP contribution < -0.4 is 0 Å². The smallest absolute Gasteiger partial charge is 0.190 e. The summed E-state index contributed by atoms with van der Waals surface area (Å²) in [5.41, 5.74) is 5.25. The van der Waals surface area contributed by atoms with E-state index in [1.165, 1.54) is 0 Å². The molecule has 0 radical (unpaired) electrons. The van der Waals surface area contributed by atoms with Crippen molar-refractivity contribution in [2.24, 2.45) is 17.3 Å². The topological polar surface area (TPSA) is 34.1 Å². The first-order valence-corrected chi connectivity index (χ1v) is 9.47. The first kappa shape index (κ1) is 17.7. The molecule has 2 unspecified atom stereocenters. The molecule has 0 aromatic heterocycles. The molecule has 0 aliphatic heterocycles. The van der Waals surface area contributed by atoms with Gasteiger partial charge in [-0.05, 0) is 40.7 Å². The summed E-state index contributed by atoms with van der Waals surface area (Å²) in [6, 6.07) is 7.82. The Balaban J connectivity index is 2.04. The van der Waals surface area contributed by atoms with Gasteiger partial charge in [0.1, 0.15) is 0 Å². The maximum absolute atomic E-state index is 13.1. The van der Waals surface area contributed by atoms with Gasteiger partial charge in [-0.15, -0.1) is 0 Å². The van der Waals surface area contributed by atoms with Crippen LogP contribution in [0.3, 0.4) is 0 Å². The Labute approximate surface area is 160 Å². The molecular weight excluding hydrogens is 332 g/mol. The lowest BCUT2D eigenvalue weighted by Gasteiger charge is -2.33. The fourth-order valence-electron chi connectivity index (χ4n) is 4.22. The molecule has 0 bridgehead atoms. The van der Waals surface area contributed by atoms with Crippen molar-refractivity contribution in [3.63, 3.8) is 0 Å². The second-order valence-electron chi connectivity index (χ2n) is 8.56. The fourth-order valence-corrected chi connectivity index (χ4v) is 4.22. The number of carbonyl (C=O) groups excluding carboxylic acids is 2. The number of hydrogen-bond donors (Lipinski definition) is 0. The lowest BCUT2D eigenvalue weighted by molar-refractivity contribution is -0.118. The summed E-state index contributed by atoms with van der Waals surface area (Å²) in [5.74, 6) is 0.148. The summed E-state index contributed by atoms with van der Waals surface area (Å²) >= 11 is 0. The van der Waals surface area contributed by atoms with Crippen molar-refractivity contribution in [3.05, 3.63) is 88.6 Å². The summed E-state index contributed by atoms with van der Waals surface area (Å²) < 4.78 is 0. The van der Waals surface area contributed by atoms with Gasteiger partial charge >= 0.3 is 0 Å². The molecule has 1 aromatic rings. The van der Waals surface area contributed by atoms with E-state index in [-0.39, 0.29) is 28.8 Å². The Bertz CT molecular complexity index is 1000. The summed E-state index contributed by atoms with van der Waals surface area (Å²) in [7, 11) is 0. The fraction of sp³-hybridized carbons (Fsp3) is 0.280. The Morgan fingerprint density at radius 2 is 1.48 bits per heavy atom. The SMILES string of the molecule is CC1=C/C(=C2/C=C(C(C)(C)C)C(=O)c3ccccc32)C2C=CC=CC2C1=O. The van der Waals surface area contributed by atoms with Crippen molar-refractivity contribution in [2.45, 2.75) is 27.7 Å². The van der Waals surface area contributed by atoms with Crippen molar-refractivity contribution in [2.75, 3.05) is 0 Å². The van der Waals surface area contributed by atoms with E-state index in [1.54, 1.807) is 0 Å². The van der Waals surface area contributed by atoms with Crippen LogP contribution >= 0.6 is 0 Å². The Morgan fingerprint density at radius 1 is 0.852 bits per heavy atom. The summed E-state index contributed by atoms with van der Waals surface area (Å²) in [4.78, 5) is 25.8. The molecule has 136 valence electrons.